The lowest BCUT2D eigenvalue weighted by Gasteiger charge is -2.26. The molecule has 0 fully saturated rings. The van der Waals surface area contributed by atoms with Gasteiger partial charge in [-0.25, -0.2) is 13.1 Å². The molecule has 1 aromatic carbocycles. The minimum absolute atomic E-state index is 0.0920. The Kier molecular flexibility index (Phi) is 5.14. The zero-order valence-corrected chi connectivity index (χ0v) is 13.1. The van der Waals surface area contributed by atoms with Gasteiger partial charge < -0.3 is 0 Å². The molecule has 0 saturated heterocycles. The van der Waals surface area contributed by atoms with Gasteiger partial charge in [0.15, 0.2) is 5.03 Å². The number of nitrogens with one attached hydrogen (secondary N) is 2. The van der Waals surface area contributed by atoms with E-state index in [-0.39, 0.29) is 17.0 Å². The van der Waals surface area contributed by atoms with Crippen LogP contribution in [-0.2, 0) is 10.0 Å². The van der Waals surface area contributed by atoms with Gasteiger partial charge in [-0.3, -0.25) is 5.10 Å². The molecule has 114 valence electrons. The Hall–Kier alpha value is -1.66. The molecule has 2 N–H and O–H groups in total. The lowest BCUT2D eigenvalue weighted by atomic mass is 9.90. The van der Waals surface area contributed by atoms with Gasteiger partial charge in [0.25, 0.3) is 10.0 Å². The molecule has 1 aromatic heterocycles. The Morgan fingerprint density at radius 1 is 1.14 bits per heavy atom. The van der Waals surface area contributed by atoms with Crippen LogP contribution < -0.4 is 4.72 Å². The van der Waals surface area contributed by atoms with E-state index >= 15 is 0 Å². The Morgan fingerprint density at radius 3 is 2.33 bits per heavy atom. The molecule has 1 unspecified atom stereocenters. The minimum Gasteiger partial charge on any atom is -0.266 e. The van der Waals surface area contributed by atoms with Gasteiger partial charge >= 0.3 is 0 Å². The predicted octanol–water partition coefficient (Wildman–Crippen LogP) is 2.87. The maximum Gasteiger partial charge on any atom is 0.258 e. The van der Waals surface area contributed by atoms with Crippen molar-refractivity contribution in [1.29, 1.82) is 0 Å². The SMILES string of the molecule is CCC(CC)C(NS(=O)(=O)c1ccn[nH]1)c1ccccc1. The molecular weight excluding hydrogens is 286 g/mol. The normalized spacial score (nSPS) is 13.5. The fourth-order valence-electron chi connectivity index (χ4n) is 2.48. The molecule has 0 saturated carbocycles. The second-order valence-electron chi connectivity index (χ2n) is 5.01. The first kappa shape index (κ1) is 15.7. The lowest BCUT2D eigenvalue weighted by Crippen LogP contribution is -2.33. The van der Waals surface area contributed by atoms with E-state index in [4.69, 9.17) is 0 Å². The molecule has 0 aliphatic rings. The number of H-pyrrole nitrogens is 1. The van der Waals surface area contributed by atoms with Gasteiger partial charge in [0.2, 0.25) is 0 Å². The molecule has 1 atom stereocenters. The van der Waals surface area contributed by atoms with E-state index in [0.29, 0.717) is 0 Å². The van der Waals surface area contributed by atoms with Crippen molar-refractivity contribution in [3.8, 4) is 0 Å². The van der Waals surface area contributed by atoms with Crippen LogP contribution in [0.2, 0.25) is 0 Å². The number of hydrogen-bond acceptors (Lipinski definition) is 3. The van der Waals surface area contributed by atoms with Gasteiger partial charge in [-0.1, -0.05) is 57.0 Å². The van der Waals surface area contributed by atoms with E-state index in [0.717, 1.165) is 18.4 Å². The molecule has 0 aliphatic carbocycles. The van der Waals surface area contributed by atoms with Gasteiger partial charge in [-0.2, -0.15) is 5.10 Å². The average molecular weight is 307 g/mol. The van der Waals surface area contributed by atoms with Crippen LogP contribution >= 0.6 is 0 Å². The van der Waals surface area contributed by atoms with E-state index in [1.165, 1.54) is 12.3 Å². The smallest absolute Gasteiger partial charge is 0.258 e. The maximum atomic E-state index is 12.4. The quantitative estimate of drug-likeness (QED) is 0.826. The third-order valence-electron chi connectivity index (χ3n) is 3.73. The summed E-state index contributed by atoms with van der Waals surface area (Å²) in [5.74, 6) is 0.241. The summed E-state index contributed by atoms with van der Waals surface area (Å²) in [5.41, 5.74) is 0.981. The number of aromatic nitrogens is 2. The number of aromatic amines is 1. The molecule has 21 heavy (non-hydrogen) atoms. The monoisotopic (exact) mass is 307 g/mol. The zero-order chi connectivity index (χ0) is 15.3. The van der Waals surface area contributed by atoms with E-state index in [1.807, 2.05) is 30.3 Å². The summed E-state index contributed by atoms with van der Waals surface area (Å²) in [4.78, 5) is 0. The molecule has 0 spiro atoms. The van der Waals surface area contributed by atoms with E-state index in [1.54, 1.807) is 0 Å². The highest BCUT2D eigenvalue weighted by Gasteiger charge is 2.27. The van der Waals surface area contributed by atoms with Crippen LogP contribution in [0.1, 0.15) is 38.3 Å². The van der Waals surface area contributed by atoms with Gasteiger partial charge in [-0.15, -0.1) is 0 Å². The predicted molar refractivity (Wildman–Crippen MR) is 82.2 cm³/mol. The molecule has 0 amide bonds. The van der Waals surface area contributed by atoms with Crippen LogP contribution in [0, 0.1) is 5.92 Å². The molecule has 5 nitrogen and oxygen atoms in total. The number of benzene rings is 1. The van der Waals surface area contributed by atoms with E-state index in [2.05, 4.69) is 28.8 Å². The molecule has 6 heteroatoms. The van der Waals surface area contributed by atoms with Crippen LogP contribution in [0.3, 0.4) is 0 Å². The minimum atomic E-state index is -3.60. The molecule has 0 aliphatic heterocycles. The Bertz CT molecular complexity index is 635. The number of rotatable bonds is 7. The van der Waals surface area contributed by atoms with E-state index in [9.17, 15) is 8.42 Å². The molecule has 2 rings (SSSR count). The lowest BCUT2D eigenvalue weighted by molar-refractivity contribution is 0.377. The summed E-state index contributed by atoms with van der Waals surface area (Å²) in [6.45, 7) is 4.16. The van der Waals surface area contributed by atoms with Crippen molar-refractivity contribution in [3.63, 3.8) is 0 Å². The molecule has 0 radical (unpaired) electrons. The number of hydrogen-bond donors (Lipinski definition) is 2. The third kappa shape index (κ3) is 3.71. The Morgan fingerprint density at radius 2 is 1.81 bits per heavy atom. The zero-order valence-electron chi connectivity index (χ0n) is 12.3. The number of nitrogens with zero attached hydrogens (tertiary/aromatic N) is 1. The van der Waals surface area contributed by atoms with Crippen LogP contribution in [0.5, 0.6) is 0 Å². The third-order valence-corrected chi connectivity index (χ3v) is 5.10. The van der Waals surface area contributed by atoms with E-state index < -0.39 is 10.0 Å². The fourth-order valence-corrected chi connectivity index (χ4v) is 3.68. The highest BCUT2D eigenvalue weighted by molar-refractivity contribution is 7.89. The first-order valence-electron chi connectivity index (χ1n) is 7.15. The molecular formula is C15H21N3O2S. The molecule has 2 aromatic rings. The summed E-state index contributed by atoms with van der Waals surface area (Å²) in [6.07, 6.45) is 3.24. The summed E-state index contributed by atoms with van der Waals surface area (Å²) in [7, 11) is -3.60. The summed E-state index contributed by atoms with van der Waals surface area (Å²) in [6, 6.07) is 10.9. The first-order valence-corrected chi connectivity index (χ1v) is 8.63. The van der Waals surface area contributed by atoms with Crippen molar-refractivity contribution in [2.75, 3.05) is 0 Å². The van der Waals surface area contributed by atoms with Crippen molar-refractivity contribution in [2.24, 2.45) is 5.92 Å². The van der Waals surface area contributed by atoms with Crippen molar-refractivity contribution in [2.45, 2.75) is 37.8 Å². The topological polar surface area (TPSA) is 74.8 Å². The molecule has 0 bridgehead atoms. The van der Waals surface area contributed by atoms with Crippen molar-refractivity contribution < 1.29 is 8.42 Å². The second-order valence-corrected chi connectivity index (χ2v) is 6.69. The second kappa shape index (κ2) is 6.87. The van der Waals surface area contributed by atoms with Crippen molar-refractivity contribution in [1.82, 2.24) is 14.9 Å². The highest BCUT2D eigenvalue weighted by atomic mass is 32.2. The van der Waals surface area contributed by atoms with Crippen LogP contribution in [0.4, 0.5) is 0 Å². The Balaban J connectivity index is 2.33. The van der Waals surface area contributed by atoms with Crippen LogP contribution in [0.15, 0.2) is 47.6 Å². The van der Waals surface area contributed by atoms with Gasteiger partial charge in [0.05, 0.1) is 6.20 Å². The largest absolute Gasteiger partial charge is 0.266 e. The van der Waals surface area contributed by atoms with Crippen molar-refractivity contribution in [3.05, 3.63) is 48.2 Å². The summed E-state index contributed by atoms with van der Waals surface area (Å²) >= 11 is 0. The molecule has 1 heterocycles. The fraction of sp³-hybridized carbons (Fsp3) is 0.400. The average Bonchev–Trinajstić information content (AvgIpc) is 3.03. The van der Waals surface area contributed by atoms with Crippen LogP contribution in [0.25, 0.3) is 0 Å². The van der Waals surface area contributed by atoms with Crippen molar-refractivity contribution >= 4 is 10.0 Å². The van der Waals surface area contributed by atoms with Gasteiger partial charge in [-0.05, 0) is 17.5 Å². The van der Waals surface area contributed by atoms with Gasteiger partial charge in [0, 0.05) is 6.04 Å². The Labute approximate surface area is 125 Å². The summed E-state index contributed by atoms with van der Waals surface area (Å²) in [5, 5.41) is 6.31. The highest BCUT2D eigenvalue weighted by Crippen LogP contribution is 2.28. The first-order chi connectivity index (χ1) is 10.1. The van der Waals surface area contributed by atoms with Crippen LogP contribution in [-0.4, -0.2) is 18.6 Å². The van der Waals surface area contributed by atoms with Gasteiger partial charge in [0.1, 0.15) is 0 Å². The maximum absolute atomic E-state index is 12.4. The summed E-state index contributed by atoms with van der Waals surface area (Å²) < 4.78 is 27.7. The number of sulfonamides is 1. The standard InChI is InChI=1S/C15H21N3O2S/c1-3-12(4-2)15(13-8-6-5-7-9-13)18-21(19,20)14-10-11-16-17-14/h5-12,15,18H,3-4H2,1-2H3,(H,16,17).